The van der Waals surface area contributed by atoms with Gasteiger partial charge in [-0.2, -0.15) is 4.31 Å². The van der Waals surface area contributed by atoms with E-state index in [-0.39, 0.29) is 22.2 Å². The van der Waals surface area contributed by atoms with Gasteiger partial charge >= 0.3 is 5.97 Å². The molecule has 116 valence electrons. The summed E-state index contributed by atoms with van der Waals surface area (Å²) in [5, 5.41) is 9.17. The second kappa shape index (κ2) is 6.00. The van der Waals surface area contributed by atoms with Crippen LogP contribution in [0, 0.1) is 0 Å². The maximum Gasteiger partial charge on any atom is 0.337 e. The number of anilines is 1. The molecule has 21 heavy (non-hydrogen) atoms. The summed E-state index contributed by atoms with van der Waals surface area (Å²) in [6.07, 6.45) is 1.17. The smallest absolute Gasteiger partial charge is 0.337 e. The lowest BCUT2D eigenvalue weighted by Gasteiger charge is -2.30. The number of carboxylic acids is 1. The van der Waals surface area contributed by atoms with E-state index in [1.54, 1.807) is 0 Å². The van der Waals surface area contributed by atoms with Crippen LogP contribution in [0.5, 0.6) is 0 Å². The van der Waals surface area contributed by atoms with Gasteiger partial charge < -0.3 is 15.6 Å². The summed E-state index contributed by atoms with van der Waals surface area (Å²) in [4.78, 5) is 11.0. The summed E-state index contributed by atoms with van der Waals surface area (Å²) in [6.45, 7) is 0.987. The molecule has 0 saturated carbocycles. The number of ether oxygens (including phenoxy) is 1. The highest BCUT2D eigenvalue weighted by atomic mass is 32.2. The predicted molar refractivity (Wildman–Crippen MR) is 76.6 cm³/mol. The number of rotatable bonds is 4. The Hall–Kier alpha value is -1.64. The van der Waals surface area contributed by atoms with Crippen LogP contribution in [0.4, 0.5) is 5.69 Å². The second-order valence-corrected chi connectivity index (χ2v) is 6.89. The molecule has 0 bridgehead atoms. The van der Waals surface area contributed by atoms with Crippen molar-refractivity contribution in [2.75, 3.05) is 26.0 Å². The van der Waals surface area contributed by atoms with Crippen LogP contribution < -0.4 is 5.73 Å². The molecule has 0 radical (unpaired) electrons. The minimum atomic E-state index is -3.92. The van der Waals surface area contributed by atoms with Crippen LogP contribution in [0.2, 0.25) is 0 Å². The van der Waals surface area contributed by atoms with Crippen LogP contribution >= 0.6 is 0 Å². The van der Waals surface area contributed by atoms with Crippen molar-refractivity contribution in [1.29, 1.82) is 0 Å². The molecular weight excluding hydrogens is 296 g/mol. The lowest BCUT2D eigenvalue weighted by Crippen LogP contribution is -2.41. The first-order valence-corrected chi connectivity index (χ1v) is 7.96. The monoisotopic (exact) mass is 314 g/mol. The fraction of sp³-hybridized carbons (Fsp3) is 0.462. The maximum absolute atomic E-state index is 12.7. The van der Waals surface area contributed by atoms with E-state index in [4.69, 9.17) is 15.6 Å². The molecule has 1 heterocycles. The highest BCUT2D eigenvalue weighted by molar-refractivity contribution is 7.89. The number of hydrogen-bond donors (Lipinski definition) is 2. The Morgan fingerprint density at radius 3 is 2.57 bits per heavy atom. The first-order chi connectivity index (χ1) is 9.84. The fourth-order valence-corrected chi connectivity index (χ4v) is 3.96. The van der Waals surface area contributed by atoms with Gasteiger partial charge in [-0.3, -0.25) is 0 Å². The Morgan fingerprint density at radius 2 is 2.00 bits per heavy atom. The van der Waals surface area contributed by atoms with Crippen molar-refractivity contribution in [3.63, 3.8) is 0 Å². The molecule has 7 nitrogen and oxygen atoms in total. The number of carboxylic acid groups (broad SMARTS) is 1. The van der Waals surface area contributed by atoms with Gasteiger partial charge in [0.15, 0.2) is 0 Å². The average Bonchev–Trinajstić information content (AvgIpc) is 2.47. The Bertz CT molecular complexity index is 638. The molecule has 3 N–H and O–H groups in total. The summed E-state index contributed by atoms with van der Waals surface area (Å²) < 4.78 is 31.8. The zero-order valence-electron chi connectivity index (χ0n) is 11.7. The van der Waals surface area contributed by atoms with Crippen LogP contribution in [-0.4, -0.2) is 50.1 Å². The zero-order chi connectivity index (χ0) is 15.6. The van der Waals surface area contributed by atoms with Crippen molar-refractivity contribution in [3.05, 3.63) is 23.8 Å². The van der Waals surface area contributed by atoms with Gasteiger partial charge in [0.2, 0.25) is 10.0 Å². The highest BCUT2D eigenvalue weighted by Gasteiger charge is 2.32. The molecule has 0 unspecified atom stereocenters. The van der Waals surface area contributed by atoms with E-state index in [2.05, 4.69) is 0 Å². The van der Waals surface area contributed by atoms with Crippen LogP contribution in [0.3, 0.4) is 0 Å². The molecule has 0 spiro atoms. The van der Waals surface area contributed by atoms with Gasteiger partial charge in [-0.15, -0.1) is 0 Å². The van der Waals surface area contributed by atoms with E-state index in [0.29, 0.717) is 26.1 Å². The topological polar surface area (TPSA) is 110 Å². The number of nitrogens with two attached hydrogens (primary N) is 1. The normalized spacial score (nSPS) is 17.0. The van der Waals surface area contributed by atoms with E-state index in [9.17, 15) is 13.2 Å². The minimum Gasteiger partial charge on any atom is -0.478 e. The molecular formula is C13H18N2O5S. The molecule has 8 heteroatoms. The molecule has 2 rings (SSSR count). The summed E-state index contributed by atoms with van der Waals surface area (Å²) in [5.41, 5.74) is 5.54. The third kappa shape index (κ3) is 3.17. The number of carbonyl (C=O) groups is 1. The van der Waals surface area contributed by atoms with Crippen LogP contribution in [0.1, 0.15) is 23.2 Å². The van der Waals surface area contributed by atoms with E-state index in [1.807, 2.05) is 0 Å². The van der Waals surface area contributed by atoms with Crippen LogP contribution in [-0.2, 0) is 14.8 Å². The Balaban J connectivity index is 2.43. The molecule has 0 amide bonds. The predicted octanol–water partition coefficient (Wildman–Crippen LogP) is 0.766. The standard InChI is InChI=1S/C13H18N2O5S/c1-15(10-4-6-20-7-5-10)21(18,19)12-8-9(14)2-3-11(12)13(16)17/h2-3,8,10H,4-7,14H2,1H3,(H,16,17). The minimum absolute atomic E-state index is 0.202. The molecule has 1 saturated heterocycles. The van der Waals surface area contributed by atoms with E-state index >= 15 is 0 Å². The van der Waals surface area contributed by atoms with Gasteiger partial charge in [0.1, 0.15) is 0 Å². The van der Waals surface area contributed by atoms with Crippen LogP contribution in [0.15, 0.2) is 23.1 Å². The van der Waals surface area contributed by atoms with Crippen molar-refractivity contribution in [2.24, 2.45) is 0 Å². The average molecular weight is 314 g/mol. The van der Waals surface area contributed by atoms with Crippen molar-refractivity contribution in [1.82, 2.24) is 4.31 Å². The summed E-state index contributed by atoms with van der Waals surface area (Å²) in [7, 11) is -2.46. The van der Waals surface area contributed by atoms with E-state index in [0.717, 1.165) is 0 Å². The van der Waals surface area contributed by atoms with Gasteiger partial charge in [-0.25, -0.2) is 13.2 Å². The lowest BCUT2D eigenvalue weighted by molar-refractivity contribution is 0.0629. The van der Waals surface area contributed by atoms with Gasteiger partial charge in [-0.05, 0) is 31.0 Å². The summed E-state index contributed by atoms with van der Waals surface area (Å²) in [5.74, 6) is -1.30. The third-order valence-electron chi connectivity index (χ3n) is 3.60. The molecule has 1 aromatic rings. The SMILES string of the molecule is CN(C1CCOCC1)S(=O)(=O)c1cc(N)ccc1C(=O)O. The second-order valence-electron chi connectivity index (χ2n) is 4.93. The Morgan fingerprint density at radius 1 is 1.38 bits per heavy atom. The Kier molecular flexibility index (Phi) is 4.50. The molecule has 0 atom stereocenters. The highest BCUT2D eigenvalue weighted by Crippen LogP contribution is 2.26. The Labute approximate surface area is 123 Å². The number of aromatic carboxylic acids is 1. The number of hydrogen-bond acceptors (Lipinski definition) is 5. The molecule has 1 fully saturated rings. The molecule has 1 aromatic carbocycles. The van der Waals surface area contributed by atoms with E-state index < -0.39 is 16.0 Å². The summed E-state index contributed by atoms with van der Waals surface area (Å²) >= 11 is 0. The van der Waals surface area contributed by atoms with Crippen molar-refractivity contribution >= 4 is 21.7 Å². The first kappa shape index (κ1) is 15.7. The largest absolute Gasteiger partial charge is 0.478 e. The fourth-order valence-electron chi connectivity index (χ4n) is 2.33. The number of nitrogen functional groups attached to an aromatic ring is 1. The van der Waals surface area contributed by atoms with Gasteiger partial charge in [0.05, 0.1) is 10.5 Å². The number of benzene rings is 1. The molecule has 0 aliphatic carbocycles. The van der Waals surface area contributed by atoms with E-state index in [1.165, 1.54) is 29.6 Å². The van der Waals surface area contributed by atoms with Crippen LogP contribution in [0.25, 0.3) is 0 Å². The molecule has 1 aliphatic heterocycles. The lowest BCUT2D eigenvalue weighted by atomic mass is 10.1. The zero-order valence-corrected chi connectivity index (χ0v) is 12.5. The number of sulfonamides is 1. The quantitative estimate of drug-likeness (QED) is 0.794. The van der Waals surface area contributed by atoms with Crippen molar-refractivity contribution in [2.45, 2.75) is 23.8 Å². The molecule has 1 aliphatic rings. The maximum atomic E-state index is 12.7. The van der Waals surface area contributed by atoms with Gasteiger partial charge in [0, 0.05) is 32.0 Å². The summed E-state index contributed by atoms with van der Waals surface area (Å²) in [6, 6.07) is 3.57. The first-order valence-electron chi connectivity index (χ1n) is 6.52. The van der Waals surface area contributed by atoms with Gasteiger partial charge in [-0.1, -0.05) is 0 Å². The molecule has 0 aromatic heterocycles. The third-order valence-corrected chi connectivity index (χ3v) is 5.55. The number of nitrogens with zero attached hydrogens (tertiary/aromatic N) is 1. The van der Waals surface area contributed by atoms with Crippen molar-refractivity contribution < 1.29 is 23.1 Å². The van der Waals surface area contributed by atoms with Gasteiger partial charge in [0.25, 0.3) is 0 Å². The van der Waals surface area contributed by atoms with Crippen molar-refractivity contribution in [3.8, 4) is 0 Å².